The first-order valence-corrected chi connectivity index (χ1v) is 9.11. The molecular formula is C21H22F2N4O. The van der Waals surface area contributed by atoms with Gasteiger partial charge >= 0.3 is 0 Å². The molecule has 3 aromatic rings. The fourth-order valence-electron chi connectivity index (χ4n) is 2.59. The standard InChI is InChI=1S/C21H22F2N4O/c1-2-24-21(26-13-16-5-3-4-6-19(16)23)25-12-11-18-14-28-20(27-18)15-7-9-17(22)10-8-15/h3-10,14H,2,11-13H2,1H3,(H2,24,25,26). The van der Waals surface area contributed by atoms with E-state index in [1.165, 1.54) is 18.2 Å². The number of rotatable bonds is 7. The topological polar surface area (TPSA) is 62.5 Å². The zero-order valence-electron chi connectivity index (χ0n) is 15.6. The third-order valence-corrected chi connectivity index (χ3v) is 4.03. The van der Waals surface area contributed by atoms with Crippen molar-refractivity contribution >= 4 is 5.96 Å². The van der Waals surface area contributed by atoms with Crippen molar-refractivity contribution in [3.05, 3.63) is 77.7 Å². The van der Waals surface area contributed by atoms with E-state index in [0.29, 0.717) is 36.9 Å². The van der Waals surface area contributed by atoms with Crippen molar-refractivity contribution in [2.75, 3.05) is 13.1 Å². The van der Waals surface area contributed by atoms with Gasteiger partial charge in [-0.1, -0.05) is 18.2 Å². The molecule has 1 heterocycles. The molecule has 5 nitrogen and oxygen atoms in total. The van der Waals surface area contributed by atoms with Gasteiger partial charge in [-0.2, -0.15) is 0 Å². The number of guanidine groups is 1. The molecule has 0 saturated carbocycles. The molecule has 3 rings (SSSR count). The molecule has 0 spiro atoms. The van der Waals surface area contributed by atoms with Crippen LogP contribution >= 0.6 is 0 Å². The van der Waals surface area contributed by atoms with Crippen LogP contribution in [-0.2, 0) is 13.0 Å². The van der Waals surface area contributed by atoms with Crippen molar-refractivity contribution in [2.24, 2.45) is 4.99 Å². The zero-order chi connectivity index (χ0) is 19.8. The van der Waals surface area contributed by atoms with Crippen LogP contribution in [0.1, 0.15) is 18.2 Å². The molecular weight excluding hydrogens is 362 g/mol. The van der Waals surface area contributed by atoms with Crippen LogP contribution in [0.2, 0.25) is 0 Å². The number of halogens is 2. The number of oxazole rings is 1. The minimum atomic E-state index is -0.301. The van der Waals surface area contributed by atoms with Crippen LogP contribution in [0.25, 0.3) is 11.5 Å². The molecule has 7 heteroatoms. The zero-order valence-corrected chi connectivity index (χ0v) is 15.6. The van der Waals surface area contributed by atoms with Crippen molar-refractivity contribution < 1.29 is 13.2 Å². The largest absolute Gasteiger partial charge is 0.444 e. The van der Waals surface area contributed by atoms with E-state index in [4.69, 9.17) is 4.42 Å². The van der Waals surface area contributed by atoms with E-state index < -0.39 is 0 Å². The number of nitrogens with one attached hydrogen (secondary N) is 2. The van der Waals surface area contributed by atoms with Crippen LogP contribution in [0.3, 0.4) is 0 Å². The van der Waals surface area contributed by atoms with Crippen LogP contribution in [0, 0.1) is 11.6 Å². The first-order valence-electron chi connectivity index (χ1n) is 9.11. The highest BCUT2D eigenvalue weighted by Gasteiger charge is 2.07. The minimum Gasteiger partial charge on any atom is -0.444 e. The Bertz CT molecular complexity index is 922. The number of hydrogen-bond acceptors (Lipinski definition) is 3. The van der Waals surface area contributed by atoms with Gasteiger partial charge in [0.05, 0.1) is 12.2 Å². The maximum Gasteiger partial charge on any atom is 0.226 e. The summed E-state index contributed by atoms with van der Waals surface area (Å²) in [6.45, 7) is 3.49. The number of aromatic nitrogens is 1. The average Bonchev–Trinajstić information content (AvgIpc) is 3.16. The molecule has 0 amide bonds. The molecule has 2 aromatic carbocycles. The Morgan fingerprint density at radius 2 is 1.86 bits per heavy atom. The van der Waals surface area contributed by atoms with E-state index in [-0.39, 0.29) is 18.2 Å². The predicted molar refractivity (Wildman–Crippen MR) is 105 cm³/mol. The number of hydrogen-bond donors (Lipinski definition) is 2. The molecule has 0 unspecified atom stereocenters. The average molecular weight is 384 g/mol. The van der Waals surface area contributed by atoms with E-state index in [2.05, 4.69) is 20.6 Å². The Labute approximate surface area is 162 Å². The molecule has 28 heavy (non-hydrogen) atoms. The summed E-state index contributed by atoms with van der Waals surface area (Å²) in [6, 6.07) is 12.6. The Morgan fingerprint density at radius 1 is 1.07 bits per heavy atom. The molecule has 0 bridgehead atoms. The van der Waals surface area contributed by atoms with Crippen molar-refractivity contribution in [3.63, 3.8) is 0 Å². The van der Waals surface area contributed by atoms with Gasteiger partial charge < -0.3 is 15.1 Å². The van der Waals surface area contributed by atoms with Crippen LogP contribution in [0.5, 0.6) is 0 Å². The summed E-state index contributed by atoms with van der Waals surface area (Å²) in [6.07, 6.45) is 2.21. The van der Waals surface area contributed by atoms with Gasteiger partial charge in [-0.25, -0.2) is 18.8 Å². The van der Waals surface area contributed by atoms with Crippen LogP contribution in [-0.4, -0.2) is 24.0 Å². The Hall–Kier alpha value is -3.22. The highest BCUT2D eigenvalue weighted by atomic mass is 19.1. The lowest BCUT2D eigenvalue weighted by molar-refractivity contribution is 0.571. The van der Waals surface area contributed by atoms with Crippen molar-refractivity contribution in [1.29, 1.82) is 0 Å². The molecule has 0 saturated heterocycles. The fourth-order valence-corrected chi connectivity index (χ4v) is 2.59. The molecule has 0 atom stereocenters. The van der Waals surface area contributed by atoms with Crippen molar-refractivity contribution in [2.45, 2.75) is 19.9 Å². The predicted octanol–water partition coefficient (Wildman–Crippen LogP) is 3.92. The Morgan fingerprint density at radius 3 is 2.61 bits per heavy atom. The van der Waals surface area contributed by atoms with Gasteiger partial charge in [-0.3, -0.25) is 0 Å². The lowest BCUT2D eigenvalue weighted by atomic mass is 10.2. The molecule has 1 aromatic heterocycles. The van der Waals surface area contributed by atoms with E-state index in [9.17, 15) is 8.78 Å². The van der Waals surface area contributed by atoms with Gasteiger partial charge in [0.1, 0.15) is 17.9 Å². The highest BCUT2D eigenvalue weighted by Crippen LogP contribution is 2.19. The lowest BCUT2D eigenvalue weighted by Gasteiger charge is -2.10. The number of benzene rings is 2. The van der Waals surface area contributed by atoms with E-state index in [1.807, 2.05) is 6.92 Å². The molecule has 0 fully saturated rings. The van der Waals surface area contributed by atoms with Crippen molar-refractivity contribution in [3.8, 4) is 11.5 Å². The van der Waals surface area contributed by atoms with Gasteiger partial charge in [-0.05, 0) is 37.3 Å². The SMILES string of the molecule is CCNC(=NCc1ccccc1F)NCCc1coc(-c2ccc(F)cc2)n1. The normalized spacial score (nSPS) is 11.5. The van der Waals surface area contributed by atoms with E-state index >= 15 is 0 Å². The summed E-state index contributed by atoms with van der Waals surface area (Å²) < 4.78 is 32.2. The van der Waals surface area contributed by atoms with E-state index in [0.717, 1.165) is 11.3 Å². The molecule has 2 N–H and O–H groups in total. The van der Waals surface area contributed by atoms with Gasteiger partial charge in [0.2, 0.25) is 5.89 Å². The van der Waals surface area contributed by atoms with Crippen LogP contribution in [0.4, 0.5) is 8.78 Å². The summed E-state index contributed by atoms with van der Waals surface area (Å²) in [5.41, 5.74) is 2.04. The van der Waals surface area contributed by atoms with Gasteiger partial charge in [0, 0.05) is 30.6 Å². The summed E-state index contributed by atoms with van der Waals surface area (Å²) in [5, 5.41) is 6.33. The highest BCUT2D eigenvalue weighted by molar-refractivity contribution is 5.79. The number of nitrogens with zero attached hydrogens (tertiary/aromatic N) is 2. The molecule has 0 aliphatic carbocycles. The molecule has 0 aliphatic rings. The maximum atomic E-state index is 13.7. The smallest absolute Gasteiger partial charge is 0.226 e. The molecule has 146 valence electrons. The first kappa shape index (κ1) is 19.5. The van der Waals surface area contributed by atoms with Gasteiger partial charge in [0.15, 0.2) is 5.96 Å². The second-order valence-corrected chi connectivity index (χ2v) is 6.11. The second-order valence-electron chi connectivity index (χ2n) is 6.11. The van der Waals surface area contributed by atoms with Crippen LogP contribution in [0.15, 0.2) is 64.2 Å². The molecule has 0 aliphatic heterocycles. The first-order chi connectivity index (χ1) is 13.7. The fraction of sp³-hybridized carbons (Fsp3) is 0.238. The Kier molecular flexibility index (Phi) is 6.73. The third-order valence-electron chi connectivity index (χ3n) is 4.03. The monoisotopic (exact) mass is 384 g/mol. The third kappa shape index (κ3) is 5.39. The minimum absolute atomic E-state index is 0.251. The maximum absolute atomic E-state index is 13.7. The summed E-state index contributed by atoms with van der Waals surface area (Å²) in [7, 11) is 0. The van der Waals surface area contributed by atoms with Gasteiger partial charge in [0.25, 0.3) is 0 Å². The second kappa shape index (κ2) is 9.64. The van der Waals surface area contributed by atoms with Crippen molar-refractivity contribution in [1.82, 2.24) is 15.6 Å². The lowest BCUT2D eigenvalue weighted by Crippen LogP contribution is -2.38. The van der Waals surface area contributed by atoms with Crippen LogP contribution < -0.4 is 10.6 Å². The quantitative estimate of drug-likeness (QED) is 0.479. The summed E-state index contributed by atoms with van der Waals surface area (Å²) in [5.74, 6) is 0.492. The number of aliphatic imine (C=N–C) groups is 1. The Balaban J connectivity index is 1.55. The molecule has 0 radical (unpaired) electrons. The van der Waals surface area contributed by atoms with E-state index in [1.54, 1.807) is 36.6 Å². The summed E-state index contributed by atoms with van der Waals surface area (Å²) in [4.78, 5) is 8.83. The summed E-state index contributed by atoms with van der Waals surface area (Å²) >= 11 is 0. The van der Waals surface area contributed by atoms with Gasteiger partial charge in [-0.15, -0.1) is 0 Å².